The molecule has 0 saturated carbocycles. The Morgan fingerprint density at radius 3 is 2.12 bits per heavy atom. The SMILES string of the molecule is c1ccc(-c2cccc3c4ccccc4n(-c4ccc5[nH]c6ccccc6c5c4)c23)cc1. The van der Waals surface area contributed by atoms with Gasteiger partial charge in [-0.2, -0.15) is 0 Å². The third-order valence-electron chi connectivity index (χ3n) is 6.53. The monoisotopic (exact) mass is 408 g/mol. The summed E-state index contributed by atoms with van der Waals surface area (Å²) in [4.78, 5) is 3.55. The fourth-order valence-corrected chi connectivity index (χ4v) is 5.11. The number of nitrogens with one attached hydrogen (secondary N) is 1. The van der Waals surface area contributed by atoms with Crippen molar-refractivity contribution in [3.05, 3.63) is 115 Å². The molecular formula is C30H20N2. The van der Waals surface area contributed by atoms with Crippen LogP contribution in [-0.2, 0) is 0 Å². The summed E-state index contributed by atoms with van der Waals surface area (Å²) >= 11 is 0. The van der Waals surface area contributed by atoms with Crippen LogP contribution >= 0.6 is 0 Å². The van der Waals surface area contributed by atoms with E-state index in [1.165, 1.54) is 60.4 Å². The number of aromatic amines is 1. The zero-order valence-corrected chi connectivity index (χ0v) is 17.4. The third-order valence-corrected chi connectivity index (χ3v) is 6.53. The summed E-state index contributed by atoms with van der Waals surface area (Å²) in [6, 6.07) is 41.3. The second-order valence-corrected chi connectivity index (χ2v) is 8.32. The number of hydrogen-bond acceptors (Lipinski definition) is 0. The first kappa shape index (κ1) is 17.4. The fourth-order valence-electron chi connectivity index (χ4n) is 5.11. The van der Waals surface area contributed by atoms with E-state index in [1.54, 1.807) is 0 Å². The highest BCUT2D eigenvalue weighted by atomic mass is 15.0. The largest absolute Gasteiger partial charge is 0.355 e. The molecule has 0 spiro atoms. The van der Waals surface area contributed by atoms with E-state index in [0.717, 1.165) is 0 Å². The number of benzene rings is 5. The number of aromatic nitrogens is 2. The van der Waals surface area contributed by atoms with Crippen molar-refractivity contribution in [3.63, 3.8) is 0 Å². The van der Waals surface area contributed by atoms with E-state index in [1.807, 2.05) is 0 Å². The predicted molar refractivity (Wildman–Crippen MR) is 136 cm³/mol. The Hall–Kier alpha value is -4.30. The van der Waals surface area contributed by atoms with Crippen LogP contribution in [0.15, 0.2) is 115 Å². The van der Waals surface area contributed by atoms with Crippen molar-refractivity contribution in [1.82, 2.24) is 9.55 Å². The van der Waals surface area contributed by atoms with Crippen LogP contribution in [0.5, 0.6) is 0 Å². The molecule has 2 heterocycles. The summed E-state index contributed by atoms with van der Waals surface area (Å²) in [6.45, 7) is 0. The van der Waals surface area contributed by atoms with E-state index in [-0.39, 0.29) is 0 Å². The van der Waals surface area contributed by atoms with E-state index in [0.29, 0.717) is 0 Å². The van der Waals surface area contributed by atoms with Crippen molar-refractivity contribution in [2.24, 2.45) is 0 Å². The van der Waals surface area contributed by atoms with Gasteiger partial charge in [0.2, 0.25) is 0 Å². The van der Waals surface area contributed by atoms with Crippen LogP contribution in [0.4, 0.5) is 0 Å². The maximum absolute atomic E-state index is 3.55. The molecule has 2 heteroatoms. The van der Waals surface area contributed by atoms with E-state index in [2.05, 4.69) is 125 Å². The van der Waals surface area contributed by atoms with Crippen LogP contribution in [0, 0.1) is 0 Å². The highest BCUT2D eigenvalue weighted by molar-refractivity contribution is 6.14. The van der Waals surface area contributed by atoms with Crippen LogP contribution < -0.4 is 0 Å². The van der Waals surface area contributed by atoms with Gasteiger partial charge in [0.05, 0.1) is 11.0 Å². The van der Waals surface area contributed by atoms with Gasteiger partial charge in [-0.25, -0.2) is 0 Å². The van der Waals surface area contributed by atoms with Crippen LogP contribution in [-0.4, -0.2) is 9.55 Å². The van der Waals surface area contributed by atoms with Gasteiger partial charge >= 0.3 is 0 Å². The topological polar surface area (TPSA) is 20.7 Å². The molecule has 7 rings (SSSR count). The molecule has 0 atom stereocenters. The van der Waals surface area contributed by atoms with Crippen molar-refractivity contribution in [2.75, 3.05) is 0 Å². The summed E-state index contributed by atoms with van der Waals surface area (Å²) in [5, 5.41) is 5.06. The molecule has 2 aromatic heterocycles. The van der Waals surface area contributed by atoms with Crippen LogP contribution in [0.3, 0.4) is 0 Å². The van der Waals surface area contributed by atoms with Gasteiger partial charge < -0.3 is 9.55 Å². The molecule has 0 aliphatic rings. The van der Waals surface area contributed by atoms with Gasteiger partial charge in [0.25, 0.3) is 0 Å². The Morgan fingerprint density at radius 1 is 0.500 bits per heavy atom. The first-order valence-corrected chi connectivity index (χ1v) is 11.0. The maximum atomic E-state index is 3.55. The molecule has 0 amide bonds. The van der Waals surface area contributed by atoms with E-state index in [9.17, 15) is 0 Å². The lowest BCUT2D eigenvalue weighted by Crippen LogP contribution is -1.95. The van der Waals surface area contributed by atoms with Gasteiger partial charge in [0.15, 0.2) is 0 Å². The molecule has 0 aliphatic carbocycles. The van der Waals surface area contributed by atoms with E-state index >= 15 is 0 Å². The first-order valence-electron chi connectivity index (χ1n) is 11.0. The molecule has 5 aromatic carbocycles. The van der Waals surface area contributed by atoms with Crippen molar-refractivity contribution in [1.29, 1.82) is 0 Å². The Morgan fingerprint density at radius 2 is 1.22 bits per heavy atom. The Kier molecular flexibility index (Phi) is 3.58. The average molecular weight is 409 g/mol. The summed E-state index contributed by atoms with van der Waals surface area (Å²) in [6.07, 6.45) is 0. The lowest BCUT2D eigenvalue weighted by molar-refractivity contribution is 1.19. The van der Waals surface area contributed by atoms with E-state index in [4.69, 9.17) is 0 Å². The summed E-state index contributed by atoms with van der Waals surface area (Å²) in [5.41, 5.74) is 8.47. The molecule has 2 nitrogen and oxygen atoms in total. The summed E-state index contributed by atoms with van der Waals surface area (Å²) in [5.74, 6) is 0. The second kappa shape index (κ2) is 6.60. The van der Waals surface area contributed by atoms with Gasteiger partial charge in [-0.05, 0) is 35.9 Å². The maximum Gasteiger partial charge on any atom is 0.0619 e. The molecule has 1 N–H and O–H groups in total. The molecule has 0 unspecified atom stereocenters. The molecule has 0 saturated heterocycles. The second-order valence-electron chi connectivity index (χ2n) is 8.32. The molecule has 7 aromatic rings. The van der Waals surface area contributed by atoms with Gasteiger partial charge in [-0.3, -0.25) is 0 Å². The normalized spacial score (nSPS) is 11.8. The number of H-pyrrole nitrogens is 1. The predicted octanol–water partition coefficient (Wildman–Crippen LogP) is 8.09. The van der Waals surface area contributed by atoms with Crippen LogP contribution in [0.25, 0.3) is 60.4 Å². The average Bonchev–Trinajstić information content (AvgIpc) is 3.40. The highest BCUT2D eigenvalue weighted by Gasteiger charge is 2.16. The van der Waals surface area contributed by atoms with Crippen molar-refractivity contribution in [3.8, 4) is 16.8 Å². The molecule has 150 valence electrons. The first-order chi connectivity index (χ1) is 15.9. The molecule has 0 bridgehead atoms. The smallest absolute Gasteiger partial charge is 0.0619 e. The number of hydrogen-bond donors (Lipinski definition) is 1. The molecule has 32 heavy (non-hydrogen) atoms. The number of fused-ring (bicyclic) bond motifs is 6. The fraction of sp³-hybridized carbons (Fsp3) is 0. The zero-order valence-electron chi connectivity index (χ0n) is 17.4. The number of para-hydroxylation sites is 3. The van der Waals surface area contributed by atoms with Crippen LogP contribution in [0.1, 0.15) is 0 Å². The standard InChI is InChI=1S/C30H20N2/c1-2-9-20(10-3-1)22-13-8-14-25-24-12-5-7-16-29(24)32(30(22)25)21-17-18-28-26(19-21)23-11-4-6-15-27(23)31-28/h1-19,31H. The summed E-state index contributed by atoms with van der Waals surface area (Å²) in [7, 11) is 0. The molecular weight excluding hydrogens is 388 g/mol. The van der Waals surface area contributed by atoms with Gasteiger partial charge in [-0.1, -0.05) is 84.9 Å². The third kappa shape index (κ3) is 2.41. The quantitative estimate of drug-likeness (QED) is 0.298. The van der Waals surface area contributed by atoms with Crippen molar-refractivity contribution < 1.29 is 0 Å². The number of rotatable bonds is 2. The van der Waals surface area contributed by atoms with E-state index < -0.39 is 0 Å². The summed E-state index contributed by atoms with van der Waals surface area (Å²) < 4.78 is 2.42. The van der Waals surface area contributed by atoms with Crippen molar-refractivity contribution >= 4 is 43.6 Å². The minimum absolute atomic E-state index is 1.17. The number of nitrogens with zero attached hydrogens (tertiary/aromatic N) is 1. The minimum Gasteiger partial charge on any atom is -0.355 e. The van der Waals surface area contributed by atoms with Gasteiger partial charge in [0.1, 0.15) is 0 Å². The Bertz CT molecular complexity index is 1770. The Balaban J connectivity index is 1.63. The van der Waals surface area contributed by atoms with Crippen LogP contribution in [0.2, 0.25) is 0 Å². The van der Waals surface area contributed by atoms with Gasteiger partial charge in [0, 0.05) is 43.8 Å². The zero-order chi connectivity index (χ0) is 21.1. The van der Waals surface area contributed by atoms with Gasteiger partial charge in [-0.15, -0.1) is 0 Å². The van der Waals surface area contributed by atoms with Crippen molar-refractivity contribution in [2.45, 2.75) is 0 Å². The molecule has 0 aliphatic heterocycles. The Labute approximate surface area is 185 Å². The lowest BCUT2D eigenvalue weighted by atomic mass is 10.0. The molecule has 0 fully saturated rings. The molecule has 0 radical (unpaired) electrons. The minimum atomic E-state index is 1.17. The highest BCUT2D eigenvalue weighted by Crippen LogP contribution is 2.39. The lowest BCUT2D eigenvalue weighted by Gasteiger charge is -2.12.